The summed E-state index contributed by atoms with van der Waals surface area (Å²) in [6.45, 7) is 6.39. The molecule has 1 aliphatic heterocycles. The van der Waals surface area contributed by atoms with E-state index in [-0.39, 0.29) is 0 Å². The lowest BCUT2D eigenvalue weighted by Gasteiger charge is -2.20. The lowest BCUT2D eigenvalue weighted by molar-refractivity contribution is 0.367. The Morgan fingerprint density at radius 2 is 2.20 bits per heavy atom. The number of nitrogens with one attached hydrogen (secondary N) is 1. The van der Waals surface area contributed by atoms with Crippen LogP contribution in [0, 0.1) is 5.92 Å². The van der Waals surface area contributed by atoms with Gasteiger partial charge in [0, 0.05) is 13.0 Å². The van der Waals surface area contributed by atoms with E-state index in [0.717, 1.165) is 5.84 Å². The zero-order valence-corrected chi connectivity index (χ0v) is 7.05. The fourth-order valence-corrected chi connectivity index (χ4v) is 1.06. The van der Waals surface area contributed by atoms with Crippen LogP contribution in [0.1, 0.15) is 20.8 Å². The summed E-state index contributed by atoms with van der Waals surface area (Å²) in [6.07, 6.45) is 0.359. The molecule has 0 amide bonds. The summed E-state index contributed by atoms with van der Waals surface area (Å²) in [7, 11) is 2.06. The average molecular weight is 141 g/mol. The molecule has 0 aromatic heterocycles. The molecular weight excluding hydrogens is 126 g/mol. The van der Waals surface area contributed by atoms with Crippen molar-refractivity contribution in [1.29, 1.82) is 0 Å². The summed E-state index contributed by atoms with van der Waals surface area (Å²) < 4.78 is 0. The molecule has 1 atom stereocenters. The summed E-state index contributed by atoms with van der Waals surface area (Å²) >= 11 is 0. The van der Waals surface area contributed by atoms with Crippen LogP contribution in [-0.2, 0) is 0 Å². The van der Waals surface area contributed by atoms with Gasteiger partial charge < -0.3 is 4.90 Å². The van der Waals surface area contributed by atoms with Crippen molar-refractivity contribution in [2.75, 3.05) is 7.05 Å². The van der Waals surface area contributed by atoms with Gasteiger partial charge in [-0.1, -0.05) is 13.8 Å². The molecule has 10 heavy (non-hydrogen) atoms. The highest BCUT2D eigenvalue weighted by Gasteiger charge is 2.21. The second-order valence-electron chi connectivity index (χ2n) is 3.04. The third kappa shape index (κ3) is 1.08. The number of amidine groups is 1. The van der Waals surface area contributed by atoms with Gasteiger partial charge in [0.05, 0.1) is 0 Å². The minimum absolute atomic E-state index is 0.359. The highest BCUT2D eigenvalue weighted by Crippen LogP contribution is 2.08. The average Bonchev–Trinajstić information content (AvgIpc) is 2.14. The van der Waals surface area contributed by atoms with Crippen LogP contribution in [0.4, 0.5) is 0 Å². The molecule has 0 radical (unpaired) electrons. The highest BCUT2D eigenvalue weighted by molar-refractivity contribution is 5.85. The quantitative estimate of drug-likeness (QED) is 0.586. The molecule has 1 aliphatic rings. The molecule has 1 rings (SSSR count). The van der Waals surface area contributed by atoms with E-state index in [1.54, 1.807) is 0 Å². The lowest BCUT2D eigenvalue weighted by Crippen LogP contribution is -2.35. The SMILES string of the molecule is CC(C)C1=NNC(C)N1C. The van der Waals surface area contributed by atoms with Crippen LogP contribution in [0.3, 0.4) is 0 Å². The predicted octanol–water partition coefficient (Wildman–Crippen LogP) is 0.837. The summed E-state index contributed by atoms with van der Waals surface area (Å²) in [6, 6.07) is 0. The molecule has 3 heteroatoms. The Kier molecular flexibility index (Phi) is 1.83. The first kappa shape index (κ1) is 7.38. The third-order valence-electron chi connectivity index (χ3n) is 1.82. The zero-order chi connectivity index (χ0) is 7.72. The molecule has 0 aromatic rings. The van der Waals surface area contributed by atoms with Crippen molar-refractivity contribution in [3.8, 4) is 0 Å². The van der Waals surface area contributed by atoms with Crippen molar-refractivity contribution in [1.82, 2.24) is 10.3 Å². The number of rotatable bonds is 1. The van der Waals surface area contributed by atoms with E-state index in [4.69, 9.17) is 0 Å². The maximum Gasteiger partial charge on any atom is 0.128 e. The molecule has 3 nitrogen and oxygen atoms in total. The summed E-state index contributed by atoms with van der Waals surface area (Å²) in [5, 5.41) is 4.19. The fourth-order valence-electron chi connectivity index (χ4n) is 1.06. The van der Waals surface area contributed by atoms with Crippen molar-refractivity contribution in [3.63, 3.8) is 0 Å². The van der Waals surface area contributed by atoms with Crippen molar-refractivity contribution in [3.05, 3.63) is 0 Å². The maximum absolute atomic E-state index is 4.19. The molecule has 0 aliphatic carbocycles. The predicted molar refractivity (Wildman–Crippen MR) is 42.6 cm³/mol. The Labute approximate surface area is 62.1 Å². The Balaban J connectivity index is 2.62. The Morgan fingerprint density at radius 3 is 2.40 bits per heavy atom. The first-order valence-corrected chi connectivity index (χ1v) is 3.69. The van der Waals surface area contributed by atoms with Gasteiger partial charge in [-0.15, -0.1) is 0 Å². The fraction of sp³-hybridized carbons (Fsp3) is 0.857. The Morgan fingerprint density at radius 1 is 1.60 bits per heavy atom. The molecule has 0 aromatic carbocycles. The van der Waals surface area contributed by atoms with Gasteiger partial charge in [-0.05, 0) is 6.92 Å². The molecule has 0 saturated carbocycles. The van der Waals surface area contributed by atoms with Crippen LogP contribution in [0.2, 0.25) is 0 Å². The number of nitrogens with zero attached hydrogens (tertiary/aromatic N) is 2. The molecule has 0 spiro atoms. The van der Waals surface area contributed by atoms with Crippen LogP contribution in [0.25, 0.3) is 0 Å². The van der Waals surface area contributed by atoms with E-state index in [0.29, 0.717) is 12.1 Å². The van der Waals surface area contributed by atoms with Gasteiger partial charge in [-0.3, -0.25) is 5.43 Å². The minimum atomic E-state index is 0.359. The number of hydrazone groups is 1. The van der Waals surface area contributed by atoms with Gasteiger partial charge in [0.2, 0.25) is 0 Å². The molecule has 58 valence electrons. The second kappa shape index (κ2) is 2.48. The summed E-state index contributed by atoms with van der Waals surface area (Å²) in [4.78, 5) is 2.16. The lowest BCUT2D eigenvalue weighted by atomic mass is 10.2. The molecule has 1 unspecified atom stereocenters. The van der Waals surface area contributed by atoms with Crippen LogP contribution < -0.4 is 5.43 Å². The van der Waals surface area contributed by atoms with Gasteiger partial charge >= 0.3 is 0 Å². The van der Waals surface area contributed by atoms with Crippen molar-refractivity contribution in [2.24, 2.45) is 11.0 Å². The third-order valence-corrected chi connectivity index (χ3v) is 1.82. The second-order valence-corrected chi connectivity index (χ2v) is 3.04. The number of hydrogen-bond acceptors (Lipinski definition) is 3. The number of hydrogen-bond donors (Lipinski definition) is 1. The van der Waals surface area contributed by atoms with Gasteiger partial charge in [0.1, 0.15) is 12.0 Å². The zero-order valence-electron chi connectivity index (χ0n) is 7.05. The molecule has 1 heterocycles. The summed E-state index contributed by atoms with van der Waals surface area (Å²) in [5.41, 5.74) is 3.01. The van der Waals surface area contributed by atoms with Crippen molar-refractivity contribution in [2.45, 2.75) is 26.9 Å². The molecular formula is C7H15N3. The first-order valence-electron chi connectivity index (χ1n) is 3.69. The van der Waals surface area contributed by atoms with Gasteiger partial charge in [0.25, 0.3) is 0 Å². The van der Waals surface area contributed by atoms with E-state index >= 15 is 0 Å². The maximum atomic E-state index is 4.19. The van der Waals surface area contributed by atoms with Gasteiger partial charge in [0.15, 0.2) is 0 Å². The van der Waals surface area contributed by atoms with Crippen LogP contribution in [0.15, 0.2) is 5.10 Å². The van der Waals surface area contributed by atoms with E-state index < -0.39 is 0 Å². The Hall–Kier alpha value is -0.730. The van der Waals surface area contributed by atoms with Crippen molar-refractivity contribution < 1.29 is 0 Å². The minimum Gasteiger partial charge on any atom is -0.340 e. The van der Waals surface area contributed by atoms with E-state index in [1.807, 2.05) is 0 Å². The van der Waals surface area contributed by atoms with E-state index in [9.17, 15) is 0 Å². The first-order chi connectivity index (χ1) is 4.63. The summed E-state index contributed by atoms with van der Waals surface area (Å²) in [5.74, 6) is 1.66. The molecule has 0 saturated heterocycles. The topological polar surface area (TPSA) is 27.6 Å². The van der Waals surface area contributed by atoms with Crippen molar-refractivity contribution >= 4 is 5.84 Å². The van der Waals surface area contributed by atoms with E-state index in [1.165, 1.54) is 0 Å². The largest absolute Gasteiger partial charge is 0.340 e. The van der Waals surface area contributed by atoms with E-state index in [2.05, 4.69) is 43.2 Å². The van der Waals surface area contributed by atoms with Crippen LogP contribution in [0.5, 0.6) is 0 Å². The Bertz CT molecular complexity index is 151. The molecule has 0 fully saturated rings. The standard InChI is InChI=1S/C7H15N3/c1-5(2)7-9-8-6(3)10(7)4/h5-6,8H,1-4H3. The highest BCUT2D eigenvalue weighted by atomic mass is 15.5. The van der Waals surface area contributed by atoms with Gasteiger partial charge in [-0.2, -0.15) is 5.10 Å². The van der Waals surface area contributed by atoms with Gasteiger partial charge in [-0.25, -0.2) is 0 Å². The monoisotopic (exact) mass is 141 g/mol. The molecule has 0 bridgehead atoms. The smallest absolute Gasteiger partial charge is 0.128 e. The van der Waals surface area contributed by atoms with Crippen LogP contribution in [-0.4, -0.2) is 23.9 Å². The van der Waals surface area contributed by atoms with Crippen LogP contribution >= 0.6 is 0 Å². The normalized spacial score (nSPS) is 25.1. The molecule has 1 N–H and O–H groups in total.